The van der Waals surface area contributed by atoms with Gasteiger partial charge < -0.3 is 14.6 Å². The summed E-state index contributed by atoms with van der Waals surface area (Å²) in [5.41, 5.74) is -0.103. The lowest BCUT2D eigenvalue weighted by molar-refractivity contribution is -0.385. The lowest BCUT2D eigenvalue weighted by Gasteiger charge is -2.13. The van der Waals surface area contributed by atoms with Crippen molar-refractivity contribution in [1.82, 2.24) is 0 Å². The number of hydrogen-bond donors (Lipinski definition) is 1. The summed E-state index contributed by atoms with van der Waals surface area (Å²) >= 11 is 0. The summed E-state index contributed by atoms with van der Waals surface area (Å²) in [6.07, 6.45) is 7.72. The van der Waals surface area contributed by atoms with Crippen LogP contribution in [0.3, 0.4) is 0 Å². The number of rotatable bonds is 14. The van der Waals surface area contributed by atoms with Gasteiger partial charge in [0.1, 0.15) is 12.7 Å². The smallest absolute Gasteiger partial charge is 0.310 e. The number of aliphatic hydroxyl groups is 1. The monoisotopic (exact) mass is 339 g/mol. The summed E-state index contributed by atoms with van der Waals surface area (Å²) in [7, 11) is 0. The average molecular weight is 339 g/mol. The van der Waals surface area contributed by atoms with Gasteiger partial charge in [0.25, 0.3) is 0 Å². The summed E-state index contributed by atoms with van der Waals surface area (Å²) in [6.45, 7) is 2.98. The number of nitro groups is 1. The number of unbranched alkanes of at least 4 members (excludes halogenated alkanes) is 6. The standard InChI is InChI=1S/C18H29NO5/c1-2-3-4-5-6-7-10-13-23-14-16(20)15-24-18-12-9-8-11-17(18)19(21)22/h8-9,11-12,16,20H,2-7,10,13-15H2,1H3. The fraction of sp³-hybridized carbons (Fsp3) is 0.667. The van der Waals surface area contributed by atoms with Gasteiger partial charge in [-0.25, -0.2) is 0 Å². The highest BCUT2D eigenvalue weighted by Gasteiger charge is 2.15. The normalized spacial score (nSPS) is 12.1. The molecule has 0 saturated carbocycles. The maximum Gasteiger partial charge on any atom is 0.310 e. The van der Waals surface area contributed by atoms with E-state index in [2.05, 4.69) is 6.92 Å². The highest BCUT2D eigenvalue weighted by molar-refractivity contribution is 5.45. The number of hydrogen-bond acceptors (Lipinski definition) is 5. The molecule has 0 saturated heterocycles. The first-order valence-corrected chi connectivity index (χ1v) is 8.77. The van der Waals surface area contributed by atoms with E-state index in [0.717, 1.165) is 12.8 Å². The van der Waals surface area contributed by atoms with Crippen LogP contribution in [0, 0.1) is 10.1 Å². The van der Waals surface area contributed by atoms with Crippen molar-refractivity contribution in [3.8, 4) is 5.75 Å². The maximum absolute atomic E-state index is 10.9. The zero-order chi connectivity index (χ0) is 17.6. The Morgan fingerprint density at radius 2 is 1.75 bits per heavy atom. The maximum atomic E-state index is 10.9. The van der Waals surface area contributed by atoms with E-state index in [1.807, 2.05) is 0 Å². The van der Waals surface area contributed by atoms with Gasteiger partial charge in [-0.1, -0.05) is 57.6 Å². The van der Waals surface area contributed by atoms with Crippen molar-refractivity contribution in [3.63, 3.8) is 0 Å². The van der Waals surface area contributed by atoms with Gasteiger partial charge in [0.2, 0.25) is 0 Å². The second-order valence-electron chi connectivity index (χ2n) is 5.89. The highest BCUT2D eigenvalue weighted by atomic mass is 16.6. The van der Waals surface area contributed by atoms with Crippen molar-refractivity contribution in [3.05, 3.63) is 34.4 Å². The lowest BCUT2D eigenvalue weighted by atomic mass is 10.1. The molecule has 0 aliphatic rings. The number of nitrogens with zero attached hydrogens (tertiary/aromatic N) is 1. The molecule has 0 aliphatic heterocycles. The molecule has 1 unspecified atom stereocenters. The second-order valence-corrected chi connectivity index (χ2v) is 5.89. The summed E-state index contributed by atoms with van der Waals surface area (Å²) in [5, 5.41) is 20.7. The van der Waals surface area contributed by atoms with Crippen LogP contribution < -0.4 is 4.74 Å². The zero-order valence-corrected chi connectivity index (χ0v) is 14.5. The summed E-state index contributed by atoms with van der Waals surface area (Å²) in [4.78, 5) is 10.4. The quantitative estimate of drug-likeness (QED) is 0.313. The molecule has 24 heavy (non-hydrogen) atoms. The second kappa shape index (κ2) is 12.7. The predicted octanol–water partition coefficient (Wildman–Crippen LogP) is 4.10. The lowest BCUT2D eigenvalue weighted by Crippen LogP contribution is -2.24. The van der Waals surface area contributed by atoms with Crippen LogP contribution in [0.15, 0.2) is 24.3 Å². The molecule has 0 aromatic heterocycles. The van der Waals surface area contributed by atoms with Gasteiger partial charge in [0.05, 0.1) is 11.5 Å². The van der Waals surface area contributed by atoms with E-state index in [4.69, 9.17) is 9.47 Å². The molecule has 0 heterocycles. The summed E-state index contributed by atoms with van der Waals surface area (Å²) in [5.74, 6) is 0.161. The molecule has 136 valence electrons. The minimum absolute atomic E-state index is 0.0259. The molecule has 1 N–H and O–H groups in total. The molecule has 1 aromatic rings. The Bertz CT molecular complexity index is 466. The molecule has 1 atom stereocenters. The van der Waals surface area contributed by atoms with Crippen LogP contribution in [0.2, 0.25) is 0 Å². The molecular weight excluding hydrogens is 310 g/mol. The van der Waals surface area contributed by atoms with Gasteiger partial charge >= 0.3 is 5.69 Å². The zero-order valence-electron chi connectivity index (χ0n) is 14.5. The van der Waals surface area contributed by atoms with Crippen molar-refractivity contribution in [2.24, 2.45) is 0 Å². The average Bonchev–Trinajstić information content (AvgIpc) is 2.58. The third kappa shape index (κ3) is 8.84. The van der Waals surface area contributed by atoms with E-state index >= 15 is 0 Å². The Morgan fingerprint density at radius 3 is 2.46 bits per heavy atom. The van der Waals surface area contributed by atoms with Crippen LogP contribution in [0.25, 0.3) is 0 Å². The largest absolute Gasteiger partial charge is 0.484 e. The molecule has 1 aromatic carbocycles. The van der Waals surface area contributed by atoms with E-state index in [1.165, 1.54) is 44.2 Å². The van der Waals surface area contributed by atoms with Crippen molar-refractivity contribution < 1.29 is 19.5 Å². The van der Waals surface area contributed by atoms with Gasteiger partial charge in [0, 0.05) is 12.7 Å². The fourth-order valence-corrected chi connectivity index (χ4v) is 2.34. The van der Waals surface area contributed by atoms with Gasteiger partial charge in [-0.15, -0.1) is 0 Å². The SMILES string of the molecule is CCCCCCCCCOCC(O)COc1ccccc1[N+](=O)[O-]. The number of para-hydroxylation sites is 2. The van der Waals surface area contributed by atoms with Crippen LogP contribution in [-0.4, -0.2) is 36.0 Å². The first kappa shape index (κ1) is 20.4. The van der Waals surface area contributed by atoms with Crippen LogP contribution in [0.4, 0.5) is 5.69 Å². The molecule has 0 aliphatic carbocycles. The van der Waals surface area contributed by atoms with Crippen molar-refractivity contribution in [1.29, 1.82) is 0 Å². The predicted molar refractivity (Wildman–Crippen MR) is 93.4 cm³/mol. The Kier molecular flexibility index (Phi) is 10.8. The van der Waals surface area contributed by atoms with Crippen LogP contribution in [-0.2, 0) is 4.74 Å². The third-order valence-electron chi connectivity index (χ3n) is 3.70. The van der Waals surface area contributed by atoms with Crippen molar-refractivity contribution in [2.75, 3.05) is 19.8 Å². The molecule has 6 heteroatoms. The molecule has 0 radical (unpaired) electrons. The first-order valence-electron chi connectivity index (χ1n) is 8.77. The number of ether oxygens (including phenoxy) is 2. The molecule has 1 rings (SSSR count). The van der Waals surface area contributed by atoms with Crippen molar-refractivity contribution >= 4 is 5.69 Å². The molecule has 6 nitrogen and oxygen atoms in total. The van der Waals surface area contributed by atoms with Gasteiger partial charge in [-0.3, -0.25) is 10.1 Å². The van der Waals surface area contributed by atoms with Gasteiger partial charge in [0.15, 0.2) is 5.75 Å². The fourth-order valence-electron chi connectivity index (χ4n) is 2.34. The van der Waals surface area contributed by atoms with E-state index < -0.39 is 11.0 Å². The number of benzene rings is 1. The number of nitro benzene ring substituents is 1. The molecule has 0 amide bonds. The van der Waals surface area contributed by atoms with E-state index in [1.54, 1.807) is 12.1 Å². The van der Waals surface area contributed by atoms with Crippen molar-refractivity contribution in [2.45, 2.75) is 58.0 Å². The van der Waals surface area contributed by atoms with E-state index in [0.29, 0.717) is 6.61 Å². The Labute approximate surface area is 143 Å². The summed E-state index contributed by atoms with van der Waals surface area (Å²) in [6, 6.07) is 6.13. The first-order chi connectivity index (χ1) is 11.6. The van der Waals surface area contributed by atoms with Gasteiger partial charge in [-0.05, 0) is 12.5 Å². The van der Waals surface area contributed by atoms with Crippen LogP contribution in [0.1, 0.15) is 51.9 Å². The summed E-state index contributed by atoms with van der Waals surface area (Å²) < 4.78 is 10.7. The Hall–Kier alpha value is -1.66. The van der Waals surface area contributed by atoms with E-state index in [9.17, 15) is 15.2 Å². The minimum atomic E-state index is -0.797. The van der Waals surface area contributed by atoms with E-state index in [-0.39, 0.29) is 24.7 Å². The Morgan fingerprint density at radius 1 is 1.08 bits per heavy atom. The Balaban J connectivity index is 2.08. The molecule has 0 fully saturated rings. The highest BCUT2D eigenvalue weighted by Crippen LogP contribution is 2.25. The van der Waals surface area contributed by atoms with Crippen LogP contribution in [0.5, 0.6) is 5.75 Å². The van der Waals surface area contributed by atoms with Gasteiger partial charge in [-0.2, -0.15) is 0 Å². The third-order valence-corrected chi connectivity index (χ3v) is 3.70. The molecular formula is C18H29NO5. The number of aliphatic hydroxyl groups excluding tert-OH is 1. The topological polar surface area (TPSA) is 81.8 Å². The minimum Gasteiger partial charge on any atom is -0.484 e. The molecule has 0 spiro atoms. The van der Waals surface area contributed by atoms with Crippen LogP contribution >= 0.6 is 0 Å². The molecule has 0 bridgehead atoms.